The van der Waals surface area contributed by atoms with E-state index in [1.807, 2.05) is 6.92 Å². The SMILES string of the molecule is COc1cc(C)ccc1OCC(=O)OCC(=O)Nc1ccc(F)c(F)c1. The number of halogens is 2. The minimum absolute atomic E-state index is 0.0468. The van der Waals surface area contributed by atoms with E-state index in [2.05, 4.69) is 5.32 Å². The molecule has 0 aliphatic heterocycles. The Morgan fingerprint density at radius 2 is 1.77 bits per heavy atom. The minimum Gasteiger partial charge on any atom is -0.493 e. The molecule has 2 aromatic carbocycles. The zero-order valence-corrected chi connectivity index (χ0v) is 14.2. The number of aryl methyl sites for hydroxylation is 1. The van der Waals surface area contributed by atoms with Crippen LogP contribution in [0.5, 0.6) is 11.5 Å². The molecule has 1 N–H and O–H groups in total. The summed E-state index contributed by atoms with van der Waals surface area (Å²) in [5, 5.41) is 2.28. The molecular weight excluding hydrogens is 348 g/mol. The number of rotatable bonds is 7. The Kier molecular flexibility index (Phi) is 6.48. The third-order valence-electron chi connectivity index (χ3n) is 3.23. The first kappa shape index (κ1) is 19.2. The van der Waals surface area contributed by atoms with Gasteiger partial charge in [0.1, 0.15) is 0 Å². The van der Waals surface area contributed by atoms with Gasteiger partial charge in [0.15, 0.2) is 36.3 Å². The molecule has 0 aromatic heterocycles. The zero-order valence-electron chi connectivity index (χ0n) is 14.2. The van der Waals surface area contributed by atoms with E-state index in [1.165, 1.54) is 13.2 Å². The molecule has 0 atom stereocenters. The highest BCUT2D eigenvalue weighted by molar-refractivity contribution is 5.92. The first-order valence-electron chi connectivity index (χ1n) is 7.57. The van der Waals surface area contributed by atoms with Crippen molar-refractivity contribution in [2.45, 2.75) is 6.92 Å². The Morgan fingerprint density at radius 3 is 2.46 bits per heavy atom. The molecule has 26 heavy (non-hydrogen) atoms. The van der Waals surface area contributed by atoms with Gasteiger partial charge in [0.25, 0.3) is 5.91 Å². The number of esters is 1. The van der Waals surface area contributed by atoms with Crippen molar-refractivity contribution >= 4 is 17.6 Å². The summed E-state index contributed by atoms with van der Waals surface area (Å²) in [7, 11) is 1.47. The van der Waals surface area contributed by atoms with Gasteiger partial charge in [0, 0.05) is 11.8 Å². The Bertz CT molecular complexity index is 810. The van der Waals surface area contributed by atoms with Crippen LogP contribution in [-0.2, 0) is 14.3 Å². The van der Waals surface area contributed by atoms with Crippen LogP contribution in [0.4, 0.5) is 14.5 Å². The van der Waals surface area contributed by atoms with Crippen molar-refractivity contribution in [2.75, 3.05) is 25.6 Å². The molecule has 0 saturated carbocycles. The van der Waals surface area contributed by atoms with Crippen LogP contribution < -0.4 is 14.8 Å². The number of methoxy groups -OCH3 is 1. The van der Waals surface area contributed by atoms with E-state index in [-0.39, 0.29) is 5.69 Å². The number of benzene rings is 2. The van der Waals surface area contributed by atoms with Gasteiger partial charge >= 0.3 is 5.97 Å². The minimum atomic E-state index is -1.10. The maximum atomic E-state index is 13.1. The van der Waals surface area contributed by atoms with Crippen LogP contribution >= 0.6 is 0 Å². The third kappa shape index (κ3) is 5.44. The molecule has 0 fully saturated rings. The first-order chi connectivity index (χ1) is 12.4. The van der Waals surface area contributed by atoms with Crippen LogP contribution in [0.3, 0.4) is 0 Å². The van der Waals surface area contributed by atoms with Gasteiger partial charge in [-0.25, -0.2) is 13.6 Å². The molecule has 6 nitrogen and oxygen atoms in total. The molecule has 0 spiro atoms. The van der Waals surface area contributed by atoms with Gasteiger partial charge in [0.05, 0.1) is 7.11 Å². The van der Waals surface area contributed by atoms with Crippen LogP contribution in [0.2, 0.25) is 0 Å². The molecule has 2 aromatic rings. The highest BCUT2D eigenvalue weighted by Gasteiger charge is 2.12. The van der Waals surface area contributed by atoms with Gasteiger partial charge in [-0.05, 0) is 36.8 Å². The van der Waals surface area contributed by atoms with Gasteiger partial charge < -0.3 is 19.5 Å². The normalized spacial score (nSPS) is 10.2. The lowest BCUT2D eigenvalue weighted by molar-refractivity contribution is -0.149. The lowest BCUT2D eigenvalue weighted by atomic mass is 10.2. The number of anilines is 1. The average molecular weight is 365 g/mol. The molecule has 1 amide bonds. The maximum Gasteiger partial charge on any atom is 0.344 e. The highest BCUT2D eigenvalue weighted by atomic mass is 19.2. The molecule has 0 heterocycles. The molecule has 0 aliphatic carbocycles. The van der Waals surface area contributed by atoms with Gasteiger partial charge in [-0.15, -0.1) is 0 Å². The molecule has 0 unspecified atom stereocenters. The molecule has 2 rings (SSSR count). The van der Waals surface area contributed by atoms with E-state index in [1.54, 1.807) is 18.2 Å². The number of hydrogen-bond donors (Lipinski definition) is 1. The molecule has 0 bridgehead atoms. The van der Waals surface area contributed by atoms with Crippen LogP contribution in [0.25, 0.3) is 0 Å². The van der Waals surface area contributed by atoms with E-state index in [4.69, 9.17) is 14.2 Å². The fourth-order valence-corrected chi connectivity index (χ4v) is 1.99. The summed E-state index contributed by atoms with van der Waals surface area (Å²) in [5.41, 5.74) is 1.01. The summed E-state index contributed by atoms with van der Waals surface area (Å²) in [4.78, 5) is 23.3. The summed E-state index contributed by atoms with van der Waals surface area (Å²) >= 11 is 0. The Balaban J connectivity index is 1.79. The van der Waals surface area contributed by atoms with Crippen LogP contribution in [0.15, 0.2) is 36.4 Å². The fourth-order valence-electron chi connectivity index (χ4n) is 1.99. The van der Waals surface area contributed by atoms with Gasteiger partial charge in [-0.2, -0.15) is 0 Å². The second kappa shape index (κ2) is 8.80. The molecule has 0 radical (unpaired) electrons. The molecule has 8 heteroatoms. The molecule has 0 aliphatic rings. The van der Waals surface area contributed by atoms with Crippen molar-refractivity contribution in [3.63, 3.8) is 0 Å². The fraction of sp³-hybridized carbons (Fsp3) is 0.222. The average Bonchev–Trinajstić information content (AvgIpc) is 2.62. The van der Waals surface area contributed by atoms with E-state index >= 15 is 0 Å². The predicted octanol–water partition coefficient (Wildman–Crippen LogP) is 2.84. The number of hydrogen-bond acceptors (Lipinski definition) is 5. The molecule has 138 valence electrons. The second-order valence-corrected chi connectivity index (χ2v) is 5.28. The number of carbonyl (C=O) groups is 2. The number of ether oxygens (including phenoxy) is 3. The van der Waals surface area contributed by atoms with Gasteiger partial charge in [-0.1, -0.05) is 6.07 Å². The molecule has 0 saturated heterocycles. The maximum absolute atomic E-state index is 13.1. The smallest absolute Gasteiger partial charge is 0.344 e. The van der Waals surface area contributed by atoms with Crippen molar-refractivity contribution in [3.8, 4) is 11.5 Å². The lowest BCUT2D eigenvalue weighted by Gasteiger charge is -2.11. The van der Waals surface area contributed by atoms with Crippen LogP contribution in [0, 0.1) is 18.6 Å². The Hall–Kier alpha value is -3.16. The van der Waals surface area contributed by atoms with Crippen molar-refractivity contribution in [1.82, 2.24) is 0 Å². The Morgan fingerprint density at radius 1 is 1.00 bits per heavy atom. The summed E-state index contributed by atoms with van der Waals surface area (Å²) in [6, 6.07) is 8.07. The van der Waals surface area contributed by atoms with Crippen LogP contribution in [-0.4, -0.2) is 32.2 Å². The summed E-state index contributed by atoms with van der Waals surface area (Å²) < 4.78 is 41.1. The summed E-state index contributed by atoms with van der Waals surface area (Å²) in [5.74, 6) is -2.76. The quantitative estimate of drug-likeness (QED) is 0.764. The first-order valence-corrected chi connectivity index (χ1v) is 7.57. The third-order valence-corrected chi connectivity index (χ3v) is 3.23. The topological polar surface area (TPSA) is 73.9 Å². The van der Waals surface area contributed by atoms with Crippen molar-refractivity contribution in [1.29, 1.82) is 0 Å². The predicted molar refractivity (Wildman–Crippen MR) is 89.2 cm³/mol. The number of carbonyl (C=O) groups excluding carboxylic acids is 2. The van der Waals surface area contributed by atoms with Crippen molar-refractivity contribution in [2.24, 2.45) is 0 Å². The van der Waals surface area contributed by atoms with Crippen LogP contribution in [0.1, 0.15) is 5.56 Å². The largest absolute Gasteiger partial charge is 0.493 e. The monoisotopic (exact) mass is 365 g/mol. The van der Waals surface area contributed by atoms with Gasteiger partial charge in [-0.3, -0.25) is 4.79 Å². The van der Waals surface area contributed by atoms with E-state index < -0.39 is 36.7 Å². The van der Waals surface area contributed by atoms with E-state index in [9.17, 15) is 18.4 Å². The summed E-state index contributed by atoms with van der Waals surface area (Å²) in [6.45, 7) is 0.871. The van der Waals surface area contributed by atoms with Gasteiger partial charge in [0.2, 0.25) is 0 Å². The summed E-state index contributed by atoms with van der Waals surface area (Å²) in [6.07, 6.45) is 0. The second-order valence-electron chi connectivity index (χ2n) is 5.28. The highest BCUT2D eigenvalue weighted by Crippen LogP contribution is 2.27. The van der Waals surface area contributed by atoms with Crippen molar-refractivity contribution < 1.29 is 32.6 Å². The number of amides is 1. The van der Waals surface area contributed by atoms with E-state index in [0.717, 1.165) is 17.7 Å². The van der Waals surface area contributed by atoms with E-state index in [0.29, 0.717) is 11.5 Å². The standard InChI is InChI=1S/C18H17F2NO5/c1-11-3-6-15(16(7-11)24-2)25-10-18(23)26-9-17(22)21-12-4-5-13(19)14(20)8-12/h3-8H,9-10H2,1-2H3,(H,21,22). The molecular formula is C18H17F2NO5. The Labute approximate surface area is 148 Å². The number of nitrogens with one attached hydrogen (secondary N) is 1. The zero-order chi connectivity index (χ0) is 19.1. The van der Waals surface area contributed by atoms with Crippen molar-refractivity contribution in [3.05, 3.63) is 53.6 Å². The lowest BCUT2D eigenvalue weighted by Crippen LogP contribution is -2.23.